The van der Waals surface area contributed by atoms with Gasteiger partial charge in [-0.1, -0.05) is 13.8 Å². The second kappa shape index (κ2) is 3.76. The molecule has 0 aliphatic rings. The van der Waals surface area contributed by atoms with Crippen molar-refractivity contribution in [3.05, 3.63) is 17.3 Å². The standard InChI is InChI=1S/C10H14F3NO2/c1-5(2)6-7(10(11,12)13)14-8(16-6)9(3,4)15/h5,15H,1-4H3. The average molecular weight is 237 g/mol. The lowest BCUT2D eigenvalue weighted by Crippen LogP contribution is -2.16. The van der Waals surface area contributed by atoms with Gasteiger partial charge in [-0.2, -0.15) is 13.2 Å². The van der Waals surface area contributed by atoms with Crippen LogP contribution in [0.25, 0.3) is 0 Å². The first-order valence-electron chi connectivity index (χ1n) is 4.84. The van der Waals surface area contributed by atoms with Gasteiger partial charge in [-0.15, -0.1) is 0 Å². The first-order chi connectivity index (χ1) is 7.03. The summed E-state index contributed by atoms with van der Waals surface area (Å²) in [4.78, 5) is 3.33. The summed E-state index contributed by atoms with van der Waals surface area (Å²) in [5.74, 6) is -1.01. The van der Waals surface area contributed by atoms with Gasteiger partial charge >= 0.3 is 6.18 Å². The van der Waals surface area contributed by atoms with E-state index in [1.807, 2.05) is 0 Å². The zero-order valence-corrected chi connectivity index (χ0v) is 9.51. The summed E-state index contributed by atoms with van der Waals surface area (Å²) < 4.78 is 42.8. The topological polar surface area (TPSA) is 46.3 Å². The Morgan fingerprint density at radius 1 is 1.25 bits per heavy atom. The van der Waals surface area contributed by atoms with Crippen LogP contribution in [0.1, 0.15) is 51.0 Å². The molecule has 0 fully saturated rings. The van der Waals surface area contributed by atoms with E-state index in [-0.39, 0.29) is 11.7 Å². The zero-order valence-electron chi connectivity index (χ0n) is 9.51. The van der Waals surface area contributed by atoms with Crippen LogP contribution in [-0.4, -0.2) is 10.1 Å². The van der Waals surface area contributed by atoms with E-state index in [0.717, 1.165) is 0 Å². The number of nitrogens with zero attached hydrogens (tertiary/aromatic N) is 1. The van der Waals surface area contributed by atoms with Gasteiger partial charge in [0.25, 0.3) is 0 Å². The maximum absolute atomic E-state index is 12.6. The summed E-state index contributed by atoms with van der Waals surface area (Å²) in [7, 11) is 0. The van der Waals surface area contributed by atoms with E-state index in [1.54, 1.807) is 13.8 Å². The molecule has 0 aliphatic carbocycles. The van der Waals surface area contributed by atoms with Crippen molar-refractivity contribution in [3.63, 3.8) is 0 Å². The molecule has 6 heteroatoms. The third kappa shape index (κ3) is 2.55. The zero-order chi connectivity index (χ0) is 12.7. The smallest absolute Gasteiger partial charge is 0.436 e. The largest absolute Gasteiger partial charge is 0.442 e. The fourth-order valence-electron chi connectivity index (χ4n) is 1.19. The van der Waals surface area contributed by atoms with Crippen LogP contribution in [-0.2, 0) is 11.8 Å². The van der Waals surface area contributed by atoms with Crippen molar-refractivity contribution in [1.29, 1.82) is 0 Å². The van der Waals surface area contributed by atoms with E-state index in [0.29, 0.717) is 0 Å². The normalized spacial score (nSPS) is 13.6. The van der Waals surface area contributed by atoms with Crippen molar-refractivity contribution in [1.82, 2.24) is 4.98 Å². The molecule has 0 spiro atoms. The molecule has 0 aliphatic heterocycles. The van der Waals surface area contributed by atoms with Gasteiger partial charge in [0.05, 0.1) is 0 Å². The van der Waals surface area contributed by atoms with E-state index in [4.69, 9.17) is 4.42 Å². The lowest BCUT2D eigenvalue weighted by Gasteiger charge is -2.11. The van der Waals surface area contributed by atoms with Gasteiger partial charge in [-0.05, 0) is 13.8 Å². The summed E-state index contributed by atoms with van der Waals surface area (Å²) in [6, 6.07) is 0. The molecule has 16 heavy (non-hydrogen) atoms. The van der Waals surface area contributed by atoms with Crippen LogP contribution in [0.5, 0.6) is 0 Å². The van der Waals surface area contributed by atoms with Gasteiger partial charge in [0, 0.05) is 5.92 Å². The second-order valence-electron chi connectivity index (χ2n) is 4.44. The Morgan fingerprint density at radius 3 is 2.00 bits per heavy atom. The Kier molecular flexibility index (Phi) is 3.06. The van der Waals surface area contributed by atoms with Crippen LogP contribution in [0.3, 0.4) is 0 Å². The lowest BCUT2D eigenvalue weighted by molar-refractivity contribution is -0.142. The van der Waals surface area contributed by atoms with Gasteiger partial charge in [0.1, 0.15) is 11.4 Å². The number of hydrogen-bond acceptors (Lipinski definition) is 3. The van der Waals surface area contributed by atoms with Gasteiger partial charge < -0.3 is 9.52 Å². The SMILES string of the molecule is CC(C)c1oc(C(C)(C)O)nc1C(F)(F)F. The number of alkyl halides is 3. The summed E-state index contributed by atoms with van der Waals surface area (Å²) in [6.07, 6.45) is -4.56. The lowest BCUT2D eigenvalue weighted by atomic mass is 10.1. The molecule has 0 saturated heterocycles. The van der Waals surface area contributed by atoms with Gasteiger partial charge in [0.2, 0.25) is 5.89 Å². The van der Waals surface area contributed by atoms with Crippen molar-refractivity contribution in [3.8, 4) is 0 Å². The molecule has 92 valence electrons. The summed E-state index contributed by atoms with van der Waals surface area (Å²) in [5, 5.41) is 9.55. The minimum absolute atomic E-state index is 0.246. The molecule has 0 atom stereocenters. The van der Waals surface area contributed by atoms with Crippen molar-refractivity contribution >= 4 is 0 Å². The van der Waals surface area contributed by atoms with Crippen LogP contribution in [0.15, 0.2) is 4.42 Å². The third-order valence-electron chi connectivity index (χ3n) is 1.97. The van der Waals surface area contributed by atoms with Crippen molar-refractivity contribution in [2.45, 2.75) is 45.4 Å². The molecule has 1 aromatic heterocycles. The molecule has 1 N–H and O–H groups in total. The molecule has 0 radical (unpaired) electrons. The highest BCUT2D eigenvalue weighted by Gasteiger charge is 2.41. The van der Waals surface area contributed by atoms with Crippen LogP contribution in [0.2, 0.25) is 0 Å². The molecule has 3 nitrogen and oxygen atoms in total. The first kappa shape index (κ1) is 13.0. The molecule has 0 amide bonds. The first-order valence-corrected chi connectivity index (χ1v) is 4.84. The van der Waals surface area contributed by atoms with E-state index in [9.17, 15) is 18.3 Å². The van der Waals surface area contributed by atoms with Crippen LogP contribution >= 0.6 is 0 Å². The van der Waals surface area contributed by atoms with Crippen LogP contribution < -0.4 is 0 Å². The number of aromatic nitrogens is 1. The van der Waals surface area contributed by atoms with E-state index in [2.05, 4.69) is 4.98 Å². The van der Waals surface area contributed by atoms with E-state index in [1.165, 1.54) is 13.8 Å². The minimum atomic E-state index is -4.56. The molecule has 1 heterocycles. The fraction of sp³-hybridized carbons (Fsp3) is 0.700. The molecule has 0 bridgehead atoms. The number of rotatable bonds is 2. The number of hydrogen-bond donors (Lipinski definition) is 1. The Morgan fingerprint density at radius 2 is 1.75 bits per heavy atom. The Labute approximate surface area is 91.3 Å². The predicted octanol–water partition coefficient (Wildman–Crippen LogP) is 3.04. The number of halogens is 3. The highest BCUT2D eigenvalue weighted by Crippen LogP contribution is 2.37. The minimum Gasteiger partial charge on any atom is -0.442 e. The Bertz CT molecular complexity index is 374. The number of aliphatic hydroxyl groups is 1. The summed E-state index contributed by atoms with van der Waals surface area (Å²) in [6.45, 7) is 5.79. The second-order valence-corrected chi connectivity index (χ2v) is 4.44. The number of oxazole rings is 1. The predicted molar refractivity (Wildman–Crippen MR) is 50.8 cm³/mol. The molecular weight excluding hydrogens is 223 g/mol. The summed E-state index contributed by atoms with van der Waals surface area (Å²) >= 11 is 0. The quantitative estimate of drug-likeness (QED) is 0.859. The maximum atomic E-state index is 12.6. The third-order valence-corrected chi connectivity index (χ3v) is 1.97. The Balaban J connectivity index is 3.32. The maximum Gasteiger partial charge on any atom is 0.436 e. The molecule has 0 saturated carbocycles. The molecule has 0 unspecified atom stereocenters. The molecule has 1 rings (SSSR count). The molecule has 0 aromatic carbocycles. The monoisotopic (exact) mass is 237 g/mol. The average Bonchev–Trinajstić information content (AvgIpc) is 2.44. The van der Waals surface area contributed by atoms with Crippen LogP contribution in [0.4, 0.5) is 13.2 Å². The van der Waals surface area contributed by atoms with Gasteiger partial charge in [-0.25, -0.2) is 4.98 Å². The summed E-state index contributed by atoms with van der Waals surface area (Å²) in [5.41, 5.74) is -2.58. The van der Waals surface area contributed by atoms with Gasteiger partial charge in [0.15, 0.2) is 5.69 Å². The highest BCUT2D eigenvalue weighted by molar-refractivity contribution is 5.18. The van der Waals surface area contributed by atoms with E-state index < -0.39 is 23.4 Å². The van der Waals surface area contributed by atoms with Crippen LogP contribution in [0, 0.1) is 0 Å². The molecular formula is C10H14F3NO2. The van der Waals surface area contributed by atoms with Crippen molar-refractivity contribution < 1.29 is 22.7 Å². The Hall–Kier alpha value is -1.04. The molecule has 1 aromatic rings. The highest BCUT2D eigenvalue weighted by atomic mass is 19.4. The van der Waals surface area contributed by atoms with Crippen molar-refractivity contribution in [2.75, 3.05) is 0 Å². The van der Waals surface area contributed by atoms with Gasteiger partial charge in [-0.3, -0.25) is 0 Å². The van der Waals surface area contributed by atoms with Crippen molar-refractivity contribution in [2.24, 2.45) is 0 Å². The van der Waals surface area contributed by atoms with E-state index >= 15 is 0 Å². The fourth-order valence-corrected chi connectivity index (χ4v) is 1.19.